The van der Waals surface area contributed by atoms with E-state index < -0.39 is 34.4 Å². The van der Waals surface area contributed by atoms with Crippen molar-refractivity contribution in [2.45, 2.75) is 64.6 Å². The fourth-order valence-corrected chi connectivity index (χ4v) is 6.71. The molecule has 0 saturated carbocycles. The van der Waals surface area contributed by atoms with Crippen LogP contribution in [0.25, 0.3) is 32.6 Å². The van der Waals surface area contributed by atoms with Gasteiger partial charge in [0.05, 0.1) is 47.2 Å². The van der Waals surface area contributed by atoms with Gasteiger partial charge in [0.2, 0.25) is 34.9 Å². The number of aromatic hydroxyl groups is 1. The van der Waals surface area contributed by atoms with Crippen LogP contribution in [-0.2, 0) is 32.6 Å². The Morgan fingerprint density at radius 2 is 1.16 bits per heavy atom. The van der Waals surface area contributed by atoms with Crippen LogP contribution < -0.4 is 33.7 Å². The van der Waals surface area contributed by atoms with Crippen molar-refractivity contribution in [1.82, 2.24) is 20.4 Å². The van der Waals surface area contributed by atoms with Crippen LogP contribution in [0.5, 0.6) is 11.5 Å². The quantitative estimate of drug-likeness (QED) is 0.0182. The van der Waals surface area contributed by atoms with E-state index >= 15 is 0 Å². The minimum absolute atomic E-state index is 0. The molecule has 0 saturated heterocycles. The van der Waals surface area contributed by atoms with Gasteiger partial charge in [-0.15, -0.1) is 24.7 Å². The number of phenols is 1. The van der Waals surface area contributed by atoms with Crippen LogP contribution in [0.15, 0.2) is 81.6 Å². The summed E-state index contributed by atoms with van der Waals surface area (Å²) in [5.41, 5.74) is 5.19. The normalized spacial score (nSPS) is 12.7. The zero-order chi connectivity index (χ0) is 46.4. The molecule has 6 aromatic rings. The summed E-state index contributed by atoms with van der Waals surface area (Å²) in [7, 11) is -4.87. The van der Waals surface area contributed by atoms with Crippen molar-refractivity contribution in [2.24, 2.45) is 0 Å². The molecule has 2 heterocycles. The van der Waals surface area contributed by atoms with E-state index in [4.69, 9.17) is 50.4 Å². The second-order valence-electron chi connectivity index (χ2n) is 13.5. The third kappa shape index (κ3) is 15.0. The largest absolute Gasteiger partial charge is 1.00 e. The number of aliphatic hydroxyl groups is 2. The molecule has 18 nitrogen and oxygen atoms in total. The van der Waals surface area contributed by atoms with Crippen molar-refractivity contribution < 1.29 is 85.5 Å². The molecule has 23 heteroatoms. The molecule has 0 aliphatic heterocycles. The Kier molecular flexibility index (Phi) is 21.1. The van der Waals surface area contributed by atoms with E-state index in [0.717, 1.165) is 34.3 Å². The molecular weight excluding hydrogens is 927 g/mol. The fraction of sp³-hybridized carbons (Fsp3) is 0.268. The number of nitrogens with zero attached hydrogens (tertiary/aromatic N) is 6. The minimum atomic E-state index is -4.87. The van der Waals surface area contributed by atoms with Crippen molar-refractivity contribution in [3.8, 4) is 34.4 Å². The molecule has 4 aromatic carbocycles. The van der Waals surface area contributed by atoms with Crippen LogP contribution in [0.3, 0.4) is 0 Å². The minimum Gasteiger partial charge on any atom is -0.716 e. The van der Waals surface area contributed by atoms with Crippen molar-refractivity contribution >= 4 is 57.0 Å². The SMILES string of the molecule is CSOOO.[C-]#[N+]c1ccc(C[C@@H](c2nnc(-c3ccc(O)cc3)o2)[C@H](C)O)c(C)c1Cl.[C-]#[N+]c1ccc(C[C@@H](c2nnc(-c3ccc(OS(=O)(=O)[O-])cc3)o2)[C@H](C)O)c(C)c1Cl.[Na+]. The number of halogens is 2. The predicted octanol–water partition coefficient (Wildman–Crippen LogP) is 6.15. The summed E-state index contributed by atoms with van der Waals surface area (Å²) in [5, 5.41) is 57.4. The molecule has 0 spiro atoms. The molecule has 0 radical (unpaired) electrons. The molecule has 6 rings (SSSR count). The molecule has 4 atom stereocenters. The van der Waals surface area contributed by atoms with E-state index in [2.05, 4.69) is 43.6 Å². The first-order valence-electron chi connectivity index (χ1n) is 18.3. The molecule has 0 bridgehead atoms. The van der Waals surface area contributed by atoms with Gasteiger partial charge in [0.25, 0.3) is 10.4 Å². The molecular formula is C41H39Cl2N6NaO12S2. The number of hydrogen-bond acceptors (Lipinski definition) is 17. The summed E-state index contributed by atoms with van der Waals surface area (Å²) >= 11 is 13.4. The van der Waals surface area contributed by atoms with E-state index in [0.29, 0.717) is 57.2 Å². The first kappa shape index (κ1) is 53.7. The Balaban J connectivity index is 0.000000306. The number of aromatic nitrogens is 4. The Labute approximate surface area is 405 Å². The van der Waals surface area contributed by atoms with Gasteiger partial charge in [-0.05, 0) is 111 Å². The van der Waals surface area contributed by atoms with Gasteiger partial charge in [0, 0.05) is 29.4 Å². The molecule has 0 unspecified atom stereocenters. The first-order chi connectivity index (χ1) is 29.9. The zero-order valence-electron chi connectivity index (χ0n) is 35.0. The van der Waals surface area contributed by atoms with Crippen LogP contribution in [-0.4, -0.2) is 72.4 Å². The average molecular weight is 966 g/mol. The van der Waals surface area contributed by atoms with E-state index in [9.17, 15) is 28.3 Å². The van der Waals surface area contributed by atoms with E-state index in [1.54, 1.807) is 57.4 Å². The van der Waals surface area contributed by atoms with Gasteiger partial charge in [-0.1, -0.05) is 52.5 Å². The van der Waals surface area contributed by atoms with E-state index in [1.165, 1.54) is 36.4 Å². The van der Waals surface area contributed by atoms with Gasteiger partial charge in [-0.25, -0.2) is 23.4 Å². The molecule has 64 heavy (non-hydrogen) atoms. The third-order valence-electron chi connectivity index (χ3n) is 9.27. The monoisotopic (exact) mass is 964 g/mol. The van der Waals surface area contributed by atoms with Crippen LogP contribution in [0.1, 0.15) is 59.7 Å². The molecule has 0 amide bonds. The zero-order valence-corrected chi connectivity index (χ0v) is 40.1. The number of hydrogen-bond donors (Lipinski definition) is 4. The van der Waals surface area contributed by atoms with Crippen LogP contribution in [0, 0.1) is 27.0 Å². The molecule has 2 aromatic heterocycles. The molecule has 332 valence electrons. The summed E-state index contributed by atoms with van der Waals surface area (Å²) < 4.78 is 51.6. The number of phenolic OH excluding ortho intramolecular Hbond substituents is 1. The summed E-state index contributed by atoms with van der Waals surface area (Å²) in [4.78, 5) is 6.77. The average Bonchev–Trinajstić information content (AvgIpc) is 3.94. The van der Waals surface area contributed by atoms with Gasteiger partial charge in [0.15, 0.2) is 0 Å². The number of aliphatic hydroxyl groups excluding tert-OH is 2. The van der Waals surface area contributed by atoms with Crippen LogP contribution in [0.4, 0.5) is 11.4 Å². The Morgan fingerprint density at radius 3 is 1.48 bits per heavy atom. The van der Waals surface area contributed by atoms with Crippen molar-refractivity contribution in [3.05, 3.63) is 140 Å². The fourth-order valence-electron chi connectivity index (χ4n) is 5.85. The second kappa shape index (κ2) is 25.2. The van der Waals surface area contributed by atoms with Gasteiger partial charge in [-0.3, -0.25) is 0 Å². The Bertz CT molecular complexity index is 2650. The summed E-state index contributed by atoms with van der Waals surface area (Å²) in [6.45, 7) is 21.2. The van der Waals surface area contributed by atoms with Gasteiger partial charge < -0.3 is 32.9 Å². The van der Waals surface area contributed by atoms with E-state index in [1.807, 2.05) is 13.0 Å². The standard InChI is InChI=1S/C20H18ClN3O6S.C20H18ClN3O3.CH4O3S.Na/c1-11-14(6-9-17(22-3)18(11)21)10-16(12(2)25)20-24-23-19(29-20)13-4-7-15(8-5-13)30-31(26,27)28;1-11-14(6-9-17(22-3)18(11)21)10-16(12(2)25)20-24-23-19(27-20)13-4-7-15(26)8-5-13;1-5-4-3-2;/h4-9,12,16,25H,10H2,1-2H3,(H,26,27,28);4-9,12,16,25-26H,10H2,1-2H3;2H,1H3;/q;;;+1/p-1/t2*12-,16+;;/m00../s1. The summed E-state index contributed by atoms with van der Waals surface area (Å²) in [6.07, 6.45) is 0.883. The maximum absolute atomic E-state index is 10.7. The third-order valence-corrected chi connectivity index (χ3v) is 10.8. The smallest absolute Gasteiger partial charge is 0.716 e. The van der Waals surface area contributed by atoms with Gasteiger partial charge >= 0.3 is 29.6 Å². The predicted molar refractivity (Wildman–Crippen MR) is 231 cm³/mol. The first-order valence-corrected chi connectivity index (χ1v) is 21.5. The topological polar surface area (TPSA) is 252 Å². The number of benzene rings is 4. The number of rotatable bonds is 14. The van der Waals surface area contributed by atoms with Crippen molar-refractivity contribution in [1.29, 1.82) is 0 Å². The van der Waals surface area contributed by atoms with Gasteiger partial charge in [0.1, 0.15) is 11.5 Å². The van der Waals surface area contributed by atoms with Crippen molar-refractivity contribution in [3.63, 3.8) is 0 Å². The molecule has 0 fully saturated rings. The second-order valence-corrected chi connectivity index (χ2v) is 15.7. The Morgan fingerprint density at radius 1 is 0.750 bits per heavy atom. The molecule has 0 aliphatic rings. The van der Waals surface area contributed by atoms with E-state index in [-0.39, 0.29) is 52.8 Å². The molecule has 4 N–H and O–H groups in total. The van der Waals surface area contributed by atoms with Crippen LogP contribution >= 0.6 is 35.2 Å². The van der Waals surface area contributed by atoms with Gasteiger partial charge in [-0.2, -0.15) is 0 Å². The summed E-state index contributed by atoms with van der Waals surface area (Å²) in [5.74, 6) is 0.0465. The van der Waals surface area contributed by atoms with Crippen molar-refractivity contribution in [2.75, 3.05) is 6.26 Å². The molecule has 0 aliphatic carbocycles. The maximum atomic E-state index is 10.7. The summed E-state index contributed by atoms with van der Waals surface area (Å²) in [6, 6.07) is 18.8. The Hall–Kier alpha value is -4.62. The van der Waals surface area contributed by atoms with Crippen LogP contribution in [0.2, 0.25) is 10.0 Å². The maximum Gasteiger partial charge on any atom is 1.00 e.